The smallest absolute Gasteiger partial charge is 0.152 e. The summed E-state index contributed by atoms with van der Waals surface area (Å²) < 4.78 is 2.14. The maximum atomic E-state index is 4.20. The predicted octanol–water partition coefficient (Wildman–Crippen LogP) is 2.11. The van der Waals surface area contributed by atoms with Gasteiger partial charge in [0, 0.05) is 25.3 Å². The molecule has 0 aliphatic carbocycles. The molecule has 0 radical (unpaired) electrons. The van der Waals surface area contributed by atoms with Crippen molar-refractivity contribution >= 4 is 5.69 Å². The van der Waals surface area contributed by atoms with Gasteiger partial charge >= 0.3 is 0 Å². The Morgan fingerprint density at radius 1 is 1.14 bits per heavy atom. The van der Waals surface area contributed by atoms with Crippen LogP contribution in [-0.2, 0) is 13.1 Å². The summed E-state index contributed by atoms with van der Waals surface area (Å²) in [4.78, 5) is 4.93. The van der Waals surface area contributed by atoms with Crippen LogP contribution in [0.25, 0.3) is 0 Å². The Hall–Kier alpha value is -1.88. The van der Waals surface area contributed by atoms with Crippen LogP contribution in [0.3, 0.4) is 0 Å². The number of aromatic nitrogens is 3. The number of likely N-dealkylation sites (N-methyl/N-ethyl adjacent to an activating group) is 1. The van der Waals surface area contributed by atoms with E-state index in [9.17, 15) is 0 Å². The van der Waals surface area contributed by atoms with Gasteiger partial charge in [0.25, 0.3) is 0 Å². The molecule has 1 aromatic heterocycles. The number of anilines is 1. The number of hydrogen-bond acceptors (Lipinski definition) is 4. The summed E-state index contributed by atoms with van der Waals surface area (Å²) in [7, 11) is 0. The van der Waals surface area contributed by atoms with E-state index in [2.05, 4.69) is 55.8 Å². The molecule has 1 atom stereocenters. The lowest BCUT2D eigenvalue weighted by atomic mass is 9.98. The summed E-state index contributed by atoms with van der Waals surface area (Å²) in [6.07, 6.45) is 3.12. The average Bonchev–Trinajstić information content (AvgIpc) is 3.23. The Balaban J connectivity index is 1.46. The topological polar surface area (TPSA) is 37.2 Å². The summed E-state index contributed by atoms with van der Waals surface area (Å²) >= 11 is 0. The van der Waals surface area contributed by atoms with E-state index >= 15 is 0 Å². The van der Waals surface area contributed by atoms with Gasteiger partial charge in [-0.3, -0.25) is 0 Å². The van der Waals surface area contributed by atoms with Crippen molar-refractivity contribution in [3.63, 3.8) is 0 Å². The highest BCUT2D eigenvalue weighted by Crippen LogP contribution is 2.29. The minimum atomic E-state index is 0.707. The van der Waals surface area contributed by atoms with Gasteiger partial charge in [-0.15, -0.1) is 10.2 Å². The van der Waals surface area contributed by atoms with E-state index in [1.165, 1.54) is 37.3 Å². The van der Waals surface area contributed by atoms with Crippen LogP contribution in [0.1, 0.15) is 30.7 Å². The zero-order valence-electron chi connectivity index (χ0n) is 13.1. The molecular formula is C17H23N5. The van der Waals surface area contributed by atoms with Gasteiger partial charge in [-0.25, -0.2) is 0 Å². The van der Waals surface area contributed by atoms with Crippen molar-refractivity contribution < 1.29 is 0 Å². The molecule has 2 aliphatic heterocycles. The standard InChI is InChI=1S/C17H23N5/c1-2-20-8-7-15(11-20)14-3-5-16(6-4-14)21-9-10-22-13-18-19-17(22)12-21/h3-6,13,15H,2,7-12H2,1H3. The summed E-state index contributed by atoms with van der Waals surface area (Å²) in [5.41, 5.74) is 2.78. The summed E-state index contributed by atoms with van der Waals surface area (Å²) in [5.74, 6) is 1.77. The minimum absolute atomic E-state index is 0.707. The lowest BCUT2D eigenvalue weighted by molar-refractivity contribution is 0.354. The molecule has 0 amide bonds. The molecule has 1 fully saturated rings. The largest absolute Gasteiger partial charge is 0.362 e. The van der Waals surface area contributed by atoms with Crippen molar-refractivity contribution in [2.24, 2.45) is 0 Å². The summed E-state index contributed by atoms with van der Waals surface area (Å²) in [5, 5.41) is 8.19. The molecule has 2 aliphatic rings. The molecular weight excluding hydrogens is 274 g/mol. The first-order valence-electron chi connectivity index (χ1n) is 8.27. The quantitative estimate of drug-likeness (QED) is 0.869. The number of rotatable bonds is 3. The second-order valence-electron chi connectivity index (χ2n) is 6.33. The molecule has 1 unspecified atom stereocenters. The van der Waals surface area contributed by atoms with Gasteiger partial charge in [0.2, 0.25) is 0 Å². The Kier molecular flexibility index (Phi) is 3.58. The van der Waals surface area contributed by atoms with Gasteiger partial charge in [-0.1, -0.05) is 19.1 Å². The van der Waals surface area contributed by atoms with Crippen LogP contribution >= 0.6 is 0 Å². The number of likely N-dealkylation sites (tertiary alicyclic amines) is 1. The molecule has 4 rings (SSSR count). The van der Waals surface area contributed by atoms with Gasteiger partial charge in [0.1, 0.15) is 6.33 Å². The molecule has 1 saturated heterocycles. The van der Waals surface area contributed by atoms with E-state index < -0.39 is 0 Å². The minimum Gasteiger partial charge on any atom is -0.362 e. The lowest BCUT2D eigenvalue weighted by Crippen LogP contribution is -2.33. The normalized spacial score (nSPS) is 22.0. The van der Waals surface area contributed by atoms with E-state index in [1.54, 1.807) is 0 Å². The van der Waals surface area contributed by atoms with E-state index in [0.717, 1.165) is 25.5 Å². The molecule has 3 heterocycles. The average molecular weight is 297 g/mol. The maximum Gasteiger partial charge on any atom is 0.152 e. The SMILES string of the molecule is CCN1CCC(c2ccc(N3CCn4cnnc4C3)cc2)C1. The molecule has 5 heteroatoms. The van der Waals surface area contributed by atoms with Gasteiger partial charge in [-0.2, -0.15) is 0 Å². The molecule has 0 N–H and O–H groups in total. The number of benzene rings is 1. The summed E-state index contributed by atoms with van der Waals surface area (Å²) in [6, 6.07) is 9.18. The van der Waals surface area contributed by atoms with Crippen molar-refractivity contribution in [2.45, 2.75) is 32.4 Å². The number of fused-ring (bicyclic) bond motifs is 1. The Morgan fingerprint density at radius 3 is 2.77 bits per heavy atom. The highest BCUT2D eigenvalue weighted by molar-refractivity contribution is 5.48. The third kappa shape index (κ3) is 2.50. The van der Waals surface area contributed by atoms with E-state index in [1.807, 2.05) is 6.33 Å². The number of hydrogen-bond donors (Lipinski definition) is 0. The van der Waals surface area contributed by atoms with Crippen LogP contribution in [0.2, 0.25) is 0 Å². The van der Waals surface area contributed by atoms with Gasteiger partial charge < -0.3 is 14.4 Å². The van der Waals surface area contributed by atoms with Crippen molar-refractivity contribution in [3.8, 4) is 0 Å². The van der Waals surface area contributed by atoms with E-state index in [0.29, 0.717) is 5.92 Å². The monoisotopic (exact) mass is 297 g/mol. The van der Waals surface area contributed by atoms with Gasteiger partial charge in [0.05, 0.1) is 6.54 Å². The van der Waals surface area contributed by atoms with Crippen LogP contribution < -0.4 is 4.90 Å². The second-order valence-corrected chi connectivity index (χ2v) is 6.33. The third-order valence-electron chi connectivity index (χ3n) is 5.09. The second kappa shape index (κ2) is 5.72. The van der Waals surface area contributed by atoms with E-state index in [4.69, 9.17) is 0 Å². The molecule has 0 bridgehead atoms. The zero-order valence-corrected chi connectivity index (χ0v) is 13.1. The highest BCUT2D eigenvalue weighted by atomic mass is 15.3. The molecule has 5 nitrogen and oxygen atoms in total. The maximum absolute atomic E-state index is 4.20. The van der Waals surface area contributed by atoms with E-state index in [-0.39, 0.29) is 0 Å². The van der Waals surface area contributed by atoms with Crippen molar-refractivity contribution in [2.75, 3.05) is 31.1 Å². The molecule has 1 aromatic carbocycles. The molecule has 116 valence electrons. The number of nitrogens with zero attached hydrogens (tertiary/aromatic N) is 5. The van der Waals surface area contributed by atoms with Crippen molar-refractivity contribution in [1.82, 2.24) is 19.7 Å². The van der Waals surface area contributed by atoms with Gasteiger partial charge in [0.15, 0.2) is 5.82 Å². The van der Waals surface area contributed by atoms with Crippen LogP contribution in [0.15, 0.2) is 30.6 Å². The molecule has 0 spiro atoms. The highest BCUT2D eigenvalue weighted by Gasteiger charge is 2.23. The first-order chi connectivity index (χ1) is 10.8. The molecule has 2 aromatic rings. The molecule has 22 heavy (non-hydrogen) atoms. The first-order valence-corrected chi connectivity index (χ1v) is 8.27. The zero-order chi connectivity index (χ0) is 14.9. The fourth-order valence-electron chi connectivity index (χ4n) is 3.64. The van der Waals surface area contributed by atoms with Crippen LogP contribution in [0.5, 0.6) is 0 Å². The predicted molar refractivity (Wildman–Crippen MR) is 87.0 cm³/mol. The Bertz CT molecular complexity index is 633. The lowest BCUT2D eigenvalue weighted by Gasteiger charge is -2.29. The Labute approximate surface area is 131 Å². The van der Waals surface area contributed by atoms with Gasteiger partial charge in [-0.05, 0) is 43.1 Å². The molecule has 0 saturated carbocycles. The third-order valence-corrected chi connectivity index (χ3v) is 5.09. The van der Waals surface area contributed by atoms with Crippen molar-refractivity contribution in [3.05, 3.63) is 42.0 Å². The summed E-state index contributed by atoms with van der Waals surface area (Å²) in [6.45, 7) is 8.72. The van der Waals surface area contributed by atoms with Crippen LogP contribution in [-0.4, -0.2) is 45.8 Å². The first kappa shape index (κ1) is 13.8. The van der Waals surface area contributed by atoms with Crippen LogP contribution in [0.4, 0.5) is 5.69 Å². The fraction of sp³-hybridized carbons (Fsp3) is 0.529. The van der Waals surface area contributed by atoms with Crippen LogP contribution in [0, 0.1) is 0 Å². The Morgan fingerprint density at radius 2 is 2.00 bits per heavy atom. The fourth-order valence-corrected chi connectivity index (χ4v) is 3.64. The van der Waals surface area contributed by atoms with Crippen molar-refractivity contribution in [1.29, 1.82) is 0 Å².